The molecule has 2 rings (SSSR count). The predicted molar refractivity (Wildman–Crippen MR) is 76.9 cm³/mol. The summed E-state index contributed by atoms with van der Waals surface area (Å²) in [7, 11) is 0. The van der Waals surface area contributed by atoms with Crippen LogP contribution in [0.3, 0.4) is 0 Å². The fraction of sp³-hybridized carbons (Fsp3) is 0.667. The molecule has 0 radical (unpaired) electrons. The van der Waals surface area contributed by atoms with Crippen LogP contribution in [-0.4, -0.2) is 24.1 Å². The van der Waals surface area contributed by atoms with Crippen molar-refractivity contribution in [2.45, 2.75) is 52.1 Å². The molecule has 1 saturated carbocycles. The molecule has 1 N–H and O–H groups in total. The zero-order valence-corrected chi connectivity index (χ0v) is 11.7. The van der Waals surface area contributed by atoms with Crippen molar-refractivity contribution >= 4 is 5.82 Å². The van der Waals surface area contributed by atoms with E-state index in [0.717, 1.165) is 37.2 Å². The van der Waals surface area contributed by atoms with Gasteiger partial charge in [-0.3, -0.25) is 0 Å². The molecular weight excluding hydrogens is 222 g/mol. The third-order valence-electron chi connectivity index (χ3n) is 3.25. The van der Waals surface area contributed by atoms with Crippen molar-refractivity contribution in [1.82, 2.24) is 10.3 Å². The number of anilines is 1. The summed E-state index contributed by atoms with van der Waals surface area (Å²) in [6.45, 7) is 7.55. The van der Waals surface area contributed by atoms with E-state index < -0.39 is 0 Å². The lowest BCUT2D eigenvalue weighted by Gasteiger charge is -2.23. The first-order valence-corrected chi connectivity index (χ1v) is 7.27. The van der Waals surface area contributed by atoms with Gasteiger partial charge in [0.25, 0.3) is 0 Å². The number of nitrogens with zero attached hydrogens (tertiary/aromatic N) is 2. The van der Waals surface area contributed by atoms with Crippen LogP contribution in [0, 0.1) is 0 Å². The van der Waals surface area contributed by atoms with E-state index >= 15 is 0 Å². The van der Waals surface area contributed by atoms with Gasteiger partial charge in [-0.15, -0.1) is 0 Å². The second-order valence-electron chi connectivity index (χ2n) is 5.13. The van der Waals surface area contributed by atoms with Crippen LogP contribution < -0.4 is 10.2 Å². The van der Waals surface area contributed by atoms with E-state index in [2.05, 4.69) is 42.3 Å². The average Bonchev–Trinajstić information content (AvgIpc) is 3.21. The summed E-state index contributed by atoms with van der Waals surface area (Å²) in [6.07, 6.45) is 5.01. The van der Waals surface area contributed by atoms with E-state index in [-0.39, 0.29) is 0 Å². The third-order valence-corrected chi connectivity index (χ3v) is 3.25. The highest BCUT2D eigenvalue weighted by atomic mass is 15.2. The van der Waals surface area contributed by atoms with E-state index in [9.17, 15) is 0 Å². The molecule has 3 heteroatoms. The zero-order valence-electron chi connectivity index (χ0n) is 11.7. The van der Waals surface area contributed by atoms with Crippen LogP contribution in [0.15, 0.2) is 18.2 Å². The first kappa shape index (κ1) is 13.3. The highest BCUT2D eigenvalue weighted by Crippen LogP contribution is 2.19. The normalized spacial score (nSPS) is 14.8. The van der Waals surface area contributed by atoms with Gasteiger partial charge < -0.3 is 10.2 Å². The first-order valence-electron chi connectivity index (χ1n) is 7.27. The first-order chi connectivity index (χ1) is 8.83. The van der Waals surface area contributed by atoms with Crippen molar-refractivity contribution in [3.05, 3.63) is 23.9 Å². The molecule has 1 aliphatic rings. The smallest absolute Gasteiger partial charge is 0.128 e. The Morgan fingerprint density at radius 1 is 1.22 bits per heavy atom. The molecule has 0 bridgehead atoms. The molecule has 3 nitrogen and oxygen atoms in total. The minimum atomic E-state index is 0.748. The SMILES string of the molecule is CCCN(CCC)c1cccc(CNC2CC2)n1. The van der Waals surface area contributed by atoms with Crippen LogP contribution in [0.2, 0.25) is 0 Å². The average molecular weight is 247 g/mol. The number of hydrogen-bond donors (Lipinski definition) is 1. The molecule has 0 aliphatic heterocycles. The van der Waals surface area contributed by atoms with Crippen molar-refractivity contribution in [1.29, 1.82) is 0 Å². The van der Waals surface area contributed by atoms with Crippen molar-refractivity contribution in [3.8, 4) is 0 Å². The molecule has 1 aromatic rings. The lowest BCUT2D eigenvalue weighted by Crippen LogP contribution is -2.26. The molecule has 0 spiro atoms. The van der Waals surface area contributed by atoms with Gasteiger partial charge in [-0.1, -0.05) is 19.9 Å². The molecular formula is C15H25N3. The van der Waals surface area contributed by atoms with Gasteiger partial charge in [0, 0.05) is 25.7 Å². The van der Waals surface area contributed by atoms with Crippen LogP contribution in [-0.2, 0) is 6.54 Å². The number of pyridine rings is 1. The zero-order chi connectivity index (χ0) is 12.8. The van der Waals surface area contributed by atoms with E-state index in [0.29, 0.717) is 0 Å². The van der Waals surface area contributed by atoms with Gasteiger partial charge in [0.05, 0.1) is 5.69 Å². The number of nitrogens with one attached hydrogen (secondary N) is 1. The van der Waals surface area contributed by atoms with Crippen molar-refractivity contribution < 1.29 is 0 Å². The second-order valence-corrected chi connectivity index (χ2v) is 5.13. The Morgan fingerprint density at radius 2 is 1.94 bits per heavy atom. The van der Waals surface area contributed by atoms with Crippen molar-refractivity contribution in [2.75, 3.05) is 18.0 Å². The highest BCUT2D eigenvalue weighted by molar-refractivity contribution is 5.39. The Morgan fingerprint density at radius 3 is 2.56 bits per heavy atom. The van der Waals surface area contributed by atoms with Crippen LogP contribution in [0.4, 0.5) is 5.82 Å². The quantitative estimate of drug-likeness (QED) is 0.765. The van der Waals surface area contributed by atoms with Gasteiger partial charge in [-0.05, 0) is 37.8 Å². The fourth-order valence-electron chi connectivity index (χ4n) is 2.16. The molecule has 1 fully saturated rings. The number of rotatable bonds is 8. The number of hydrogen-bond acceptors (Lipinski definition) is 3. The predicted octanol–water partition coefficient (Wildman–Crippen LogP) is 2.96. The third kappa shape index (κ3) is 3.98. The maximum absolute atomic E-state index is 4.77. The molecule has 0 atom stereocenters. The molecule has 0 unspecified atom stereocenters. The summed E-state index contributed by atoms with van der Waals surface area (Å²) in [4.78, 5) is 7.16. The summed E-state index contributed by atoms with van der Waals surface area (Å²) in [5.41, 5.74) is 1.16. The van der Waals surface area contributed by atoms with E-state index in [4.69, 9.17) is 4.98 Å². The summed E-state index contributed by atoms with van der Waals surface area (Å²) in [5, 5.41) is 3.52. The van der Waals surface area contributed by atoms with Gasteiger partial charge in [-0.2, -0.15) is 0 Å². The summed E-state index contributed by atoms with van der Waals surface area (Å²) in [6, 6.07) is 7.13. The second kappa shape index (κ2) is 6.74. The molecule has 18 heavy (non-hydrogen) atoms. The van der Waals surface area contributed by atoms with Crippen LogP contribution >= 0.6 is 0 Å². The minimum absolute atomic E-state index is 0.748. The van der Waals surface area contributed by atoms with E-state index in [1.54, 1.807) is 0 Å². The molecule has 100 valence electrons. The maximum Gasteiger partial charge on any atom is 0.128 e. The Bertz CT molecular complexity index is 355. The summed E-state index contributed by atoms with van der Waals surface area (Å²) >= 11 is 0. The minimum Gasteiger partial charge on any atom is -0.357 e. The molecule has 0 saturated heterocycles. The number of aromatic nitrogens is 1. The van der Waals surface area contributed by atoms with Crippen LogP contribution in [0.1, 0.15) is 45.2 Å². The molecule has 0 amide bonds. The molecule has 1 aromatic heterocycles. The topological polar surface area (TPSA) is 28.2 Å². The summed E-state index contributed by atoms with van der Waals surface area (Å²) in [5.74, 6) is 1.13. The Labute approximate surface area is 111 Å². The fourth-order valence-corrected chi connectivity index (χ4v) is 2.16. The molecule has 1 aliphatic carbocycles. The lowest BCUT2D eigenvalue weighted by molar-refractivity contribution is 0.669. The largest absolute Gasteiger partial charge is 0.357 e. The van der Waals surface area contributed by atoms with Gasteiger partial charge in [-0.25, -0.2) is 4.98 Å². The van der Waals surface area contributed by atoms with Crippen molar-refractivity contribution in [2.24, 2.45) is 0 Å². The van der Waals surface area contributed by atoms with Gasteiger partial charge >= 0.3 is 0 Å². The van der Waals surface area contributed by atoms with Gasteiger partial charge in [0.1, 0.15) is 5.82 Å². The van der Waals surface area contributed by atoms with Crippen LogP contribution in [0.25, 0.3) is 0 Å². The standard InChI is InChI=1S/C15H25N3/c1-3-10-18(11-4-2)15-7-5-6-14(17-15)12-16-13-8-9-13/h5-7,13,16H,3-4,8-12H2,1-2H3. The molecule has 1 heterocycles. The highest BCUT2D eigenvalue weighted by Gasteiger charge is 2.20. The maximum atomic E-state index is 4.77. The van der Waals surface area contributed by atoms with E-state index in [1.165, 1.54) is 25.7 Å². The summed E-state index contributed by atoms with van der Waals surface area (Å²) < 4.78 is 0. The Balaban J connectivity index is 1.98. The van der Waals surface area contributed by atoms with Gasteiger partial charge in [0.2, 0.25) is 0 Å². The monoisotopic (exact) mass is 247 g/mol. The van der Waals surface area contributed by atoms with Crippen LogP contribution in [0.5, 0.6) is 0 Å². The Hall–Kier alpha value is -1.09. The lowest BCUT2D eigenvalue weighted by atomic mass is 10.3. The van der Waals surface area contributed by atoms with Gasteiger partial charge in [0.15, 0.2) is 0 Å². The van der Waals surface area contributed by atoms with Crippen molar-refractivity contribution in [3.63, 3.8) is 0 Å². The van der Waals surface area contributed by atoms with E-state index in [1.807, 2.05) is 0 Å². The molecule has 0 aromatic carbocycles. The Kier molecular flexibility index (Phi) is 5.00.